The standard InChI is InChI=1S/C19H24BF3N2O2/c20-5-1-2-13-9-25(11-17(13)18(26)27)10-16-7-12-3-4-15(19(21,22)23)6-14(12)8-24-16/h3-4,6,13,16-17,24H,1-2,5,7-11H2,(H,26,27). The lowest BCUT2D eigenvalue weighted by atomic mass is 9.88. The van der Waals surface area contributed by atoms with Crippen LogP contribution in [0.5, 0.6) is 0 Å². The molecule has 1 fully saturated rings. The van der Waals surface area contributed by atoms with Gasteiger partial charge in [0.15, 0.2) is 0 Å². The highest BCUT2D eigenvalue weighted by atomic mass is 19.4. The minimum Gasteiger partial charge on any atom is -0.481 e. The molecule has 146 valence electrons. The van der Waals surface area contributed by atoms with E-state index in [1.54, 1.807) is 6.07 Å². The van der Waals surface area contributed by atoms with Gasteiger partial charge in [-0.2, -0.15) is 13.2 Å². The number of nitrogens with one attached hydrogen (secondary N) is 1. The maximum Gasteiger partial charge on any atom is 0.416 e. The molecule has 0 spiro atoms. The van der Waals surface area contributed by atoms with E-state index in [2.05, 4.69) is 10.2 Å². The molecule has 8 heteroatoms. The number of aliphatic carboxylic acids is 1. The van der Waals surface area contributed by atoms with Crippen LogP contribution >= 0.6 is 0 Å². The molecule has 0 aromatic heterocycles. The van der Waals surface area contributed by atoms with Crippen LogP contribution in [0.2, 0.25) is 6.32 Å². The van der Waals surface area contributed by atoms with Crippen LogP contribution in [-0.2, 0) is 23.9 Å². The van der Waals surface area contributed by atoms with Gasteiger partial charge in [-0.25, -0.2) is 0 Å². The van der Waals surface area contributed by atoms with Gasteiger partial charge in [0.2, 0.25) is 0 Å². The number of carboxylic acid groups (broad SMARTS) is 1. The molecule has 2 radical (unpaired) electrons. The van der Waals surface area contributed by atoms with E-state index < -0.39 is 17.7 Å². The number of carbonyl (C=O) groups is 1. The zero-order chi connectivity index (χ0) is 19.6. The van der Waals surface area contributed by atoms with Gasteiger partial charge in [0.1, 0.15) is 0 Å². The highest BCUT2D eigenvalue weighted by Crippen LogP contribution is 2.32. The van der Waals surface area contributed by atoms with Crippen LogP contribution in [0, 0.1) is 11.8 Å². The van der Waals surface area contributed by atoms with Crippen molar-refractivity contribution in [1.29, 1.82) is 0 Å². The summed E-state index contributed by atoms with van der Waals surface area (Å²) in [5.41, 5.74) is 1.00. The van der Waals surface area contributed by atoms with Crippen molar-refractivity contribution in [3.63, 3.8) is 0 Å². The lowest BCUT2D eigenvalue weighted by molar-refractivity contribution is -0.142. The molecule has 3 rings (SSSR count). The van der Waals surface area contributed by atoms with Gasteiger partial charge in [0.25, 0.3) is 0 Å². The molecule has 0 bridgehead atoms. The van der Waals surface area contributed by atoms with E-state index in [1.807, 2.05) is 0 Å². The molecule has 1 saturated heterocycles. The van der Waals surface area contributed by atoms with Crippen molar-refractivity contribution >= 4 is 13.8 Å². The van der Waals surface area contributed by atoms with Crippen LogP contribution in [0.3, 0.4) is 0 Å². The third-order valence-electron chi connectivity index (χ3n) is 5.67. The van der Waals surface area contributed by atoms with Crippen LogP contribution in [-0.4, -0.2) is 49.5 Å². The quantitative estimate of drug-likeness (QED) is 0.746. The summed E-state index contributed by atoms with van der Waals surface area (Å²) in [5.74, 6) is -1.03. The van der Waals surface area contributed by atoms with Gasteiger partial charge in [0.05, 0.1) is 19.3 Å². The summed E-state index contributed by atoms with van der Waals surface area (Å²) in [4.78, 5) is 13.7. The number of benzene rings is 1. The molecule has 0 saturated carbocycles. The minimum atomic E-state index is -4.33. The fraction of sp³-hybridized carbons (Fsp3) is 0.632. The molecule has 3 atom stereocenters. The summed E-state index contributed by atoms with van der Waals surface area (Å²) in [5, 5.41) is 12.8. The average molecular weight is 380 g/mol. The Morgan fingerprint density at radius 1 is 1.30 bits per heavy atom. The van der Waals surface area contributed by atoms with Gasteiger partial charge in [-0.05, 0) is 42.0 Å². The fourth-order valence-electron chi connectivity index (χ4n) is 4.26. The van der Waals surface area contributed by atoms with E-state index in [4.69, 9.17) is 7.85 Å². The van der Waals surface area contributed by atoms with E-state index in [1.165, 1.54) is 6.07 Å². The SMILES string of the molecule is [B]CCCC1CN(CC2Cc3ccc(C(F)(F)F)cc3CN2)CC1C(=O)O. The summed E-state index contributed by atoms with van der Waals surface area (Å²) < 4.78 is 38.5. The number of hydrogen-bond acceptors (Lipinski definition) is 3. The average Bonchev–Trinajstić information content (AvgIpc) is 3.01. The molecule has 0 aliphatic carbocycles. The van der Waals surface area contributed by atoms with Crippen molar-refractivity contribution in [1.82, 2.24) is 10.2 Å². The zero-order valence-corrected chi connectivity index (χ0v) is 15.1. The number of carboxylic acids is 1. The summed E-state index contributed by atoms with van der Waals surface area (Å²) >= 11 is 0. The molecular weight excluding hydrogens is 356 g/mol. The minimum absolute atomic E-state index is 0.108. The molecule has 2 aliphatic rings. The van der Waals surface area contributed by atoms with Gasteiger partial charge < -0.3 is 15.3 Å². The Morgan fingerprint density at radius 2 is 2.07 bits per heavy atom. The smallest absolute Gasteiger partial charge is 0.416 e. The fourth-order valence-corrected chi connectivity index (χ4v) is 4.26. The van der Waals surface area contributed by atoms with Crippen molar-refractivity contribution < 1.29 is 23.1 Å². The predicted octanol–water partition coefficient (Wildman–Crippen LogP) is 2.72. The first-order chi connectivity index (χ1) is 12.8. The van der Waals surface area contributed by atoms with E-state index in [0.717, 1.165) is 31.0 Å². The summed E-state index contributed by atoms with van der Waals surface area (Å²) in [6.07, 6.45) is -1.49. The van der Waals surface area contributed by atoms with Crippen molar-refractivity contribution in [2.45, 2.75) is 44.3 Å². The highest BCUT2D eigenvalue weighted by Gasteiger charge is 2.38. The molecule has 2 aliphatic heterocycles. The van der Waals surface area contributed by atoms with E-state index >= 15 is 0 Å². The Hall–Kier alpha value is -1.54. The highest BCUT2D eigenvalue weighted by molar-refractivity contribution is 6.08. The second kappa shape index (κ2) is 8.23. The van der Waals surface area contributed by atoms with E-state index in [-0.39, 0.29) is 17.9 Å². The number of likely N-dealkylation sites (tertiary alicyclic amines) is 1. The lowest BCUT2D eigenvalue weighted by Gasteiger charge is -2.30. The molecule has 4 nitrogen and oxygen atoms in total. The third-order valence-corrected chi connectivity index (χ3v) is 5.67. The van der Waals surface area contributed by atoms with Gasteiger partial charge in [-0.3, -0.25) is 4.79 Å². The lowest BCUT2D eigenvalue weighted by Crippen LogP contribution is -2.44. The first-order valence-corrected chi connectivity index (χ1v) is 9.35. The maximum atomic E-state index is 12.8. The number of alkyl halides is 3. The Kier molecular flexibility index (Phi) is 6.16. The summed E-state index contributed by atoms with van der Waals surface area (Å²) in [7, 11) is 5.55. The second-order valence-corrected chi connectivity index (χ2v) is 7.62. The third kappa shape index (κ3) is 4.85. The molecule has 2 N–H and O–H groups in total. The first kappa shape index (κ1) is 20.2. The number of fused-ring (bicyclic) bond motifs is 1. The van der Waals surface area contributed by atoms with Crippen LogP contribution in [0.15, 0.2) is 18.2 Å². The molecular formula is C19H24BF3N2O2. The van der Waals surface area contributed by atoms with Crippen LogP contribution in [0.1, 0.15) is 29.5 Å². The van der Waals surface area contributed by atoms with Gasteiger partial charge in [0, 0.05) is 32.2 Å². The Labute approximate surface area is 158 Å². The Balaban J connectivity index is 1.61. The number of hydrogen-bond donors (Lipinski definition) is 2. The largest absolute Gasteiger partial charge is 0.481 e. The monoisotopic (exact) mass is 380 g/mol. The van der Waals surface area contributed by atoms with Crippen molar-refractivity contribution in [2.75, 3.05) is 19.6 Å². The predicted molar refractivity (Wildman–Crippen MR) is 96.6 cm³/mol. The number of halogens is 3. The molecule has 2 heterocycles. The van der Waals surface area contributed by atoms with Crippen molar-refractivity contribution in [3.05, 3.63) is 34.9 Å². The topological polar surface area (TPSA) is 52.6 Å². The zero-order valence-electron chi connectivity index (χ0n) is 15.1. The van der Waals surface area contributed by atoms with Gasteiger partial charge in [-0.1, -0.05) is 18.8 Å². The molecule has 1 aromatic rings. The molecule has 27 heavy (non-hydrogen) atoms. The Morgan fingerprint density at radius 3 is 2.74 bits per heavy atom. The molecule has 3 unspecified atom stereocenters. The number of nitrogens with zero attached hydrogens (tertiary/aromatic N) is 1. The van der Waals surface area contributed by atoms with Crippen molar-refractivity contribution in [3.8, 4) is 0 Å². The van der Waals surface area contributed by atoms with E-state index in [9.17, 15) is 23.1 Å². The summed E-state index contributed by atoms with van der Waals surface area (Å²) in [6.45, 7) is 2.34. The summed E-state index contributed by atoms with van der Waals surface area (Å²) in [6, 6.07) is 4.04. The normalized spacial score (nSPS) is 26.1. The van der Waals surface area contributed by atoms with Crippen LogP contribution in [0.25, 0.3) is 0 Å². The van der Waals surface area contributed by atoms with Crippen LogP contribution in [0.4, 0.5) is 13.2 Å². The Bertz CT molecular complexity index is 683. The van der Waals surface area contributed by atoms with Gasteiger partial charge >= 0.3 is 12.1 Å². The first-order valence-electron chi connectivity index (χ1n) is 9.35. The maximum absolute atomic E-state index is 12.8. The number of rotatable bonds is 6. The molecule has 1 aromatic carbocycles. The van der Waals surface area contributed by atoms with E-state index in [0.29, 0.717) is 37.9 Å². The van der Waals surface area contributed by atoms with Crippen LogP contribution < -0.4 is 5.32 Å². The van der Waals surface area contributed by atoms with Gasteiger partial charge in [-0.15, -0.1) is 0 Å². The second-order valence-electron chi connectivity index (χ2n) is 7.62. The van der Waals surface area contributed by atoms with Crippen molar-refractivity contribution in [2.24, 2.45) is 11.8 Å². The molecule has 0 amide bonds.